The van der Waals surface area contributed by atoms with E-state index in [4.69, 9.17) is 6.42 Å². The van der Waals surface area contributed by atoms with Crippen molar-refractivity contribution in [3.05, 3.63) is 11.8 Å². The first-order valence-electron chi connectivity index (χ1n) is 7.85. The number of likely N-dealkylation sites (tertiary alicyclic amines) is 1. The number of allylic oxidation sites excluding steroid dienone is 1. The fourth-order valence-corrected chi connectivity index (χ4v) is 2.99. The lowest BCUT2D eigenvalue weighted by atomic mass is 10.00. The van der Waals surface area contributed by atoms with Crippen LogP contribution < -0.4 is 5.32 Å². The standard InChI is InChI=1S/C17H23N3O3/c1-5-12-9-13(18-10-12)14-7-6-8-20(14)16(21)15(11(2)3)19-17(22)23-4/h1,10-11,14-15H,6-9H2,2-4H3,(H,19,22)/t14-,15-/m0/s1. The molecule has 1 saturated heterocycles. The van der Waals surface area contributed by atoms with Crippen LogP contribution >= 0.6 is 0 Å². The zero-order valence-electron chi connectivity index (χ0n) is 13.8. The fourth-order valence-electron chi connectivity index (χ4n) is 2.99. The van der Waals surface area contributed by atoms with E-state index < -0.39 is 12.1 Å². The molecular weight excluding hydrogens is 294 g/mol. The molecule has 0 radical (unpaired) electrons. The molecule has 0 spiro atoms. The molecule has 2 rings (SSSR count). The molecule has 2 aliphatic rings. The molecule has 2 atom stereocenters. The van der Waals surface area contributed by atoms with Crippen LogP contribution in [0.2, 0.25) is 0 Å². The quantitative estimate of drug-likeness (QED) is 0.803. The Hall–Kier alpha value is -2.29. The summed E-state index contributed by atoms with van der Waals surface area (Å²) in [5.41, 5.74) is 1.77. The van der Waals surface area contributed by atoms with Gasteiger partial charge < -0.3 is 15.0 Å². The highest BCUT2D eigenvalue weighted by molar-refractivity contribution is 5.98. The number of methoxy groups -OCH3 is 1. The van der Waals surface area contributed by atoms with Crippen LogP contribution in [0.15, 0.2) is 16.8 Å². The van der Waals surface area contributed by atoms with Crippen LogP contribution in [0, 0.1) is 18.3 Å². The van der Waals surface area contributed by atoms with Crippen molar-refractivity contribution in [3.63, 3.8) is 0 Å². The van der Waals surface area contributed by atoms with Crippen molar-refractivity contribution in [1.82, 2.24) is 10.2 Å². The van der Waals surface area contributed by atoms with E-state index in [1.807, 2.05) is 18.7 Å². The number of hydrogen-bond donors (Lipinski definition) is 1. The number of amides is 2. The highest BCUT2D eigenvalue weighted by atomic mass is 16.5. The van der Waals surface area contributed by atoms with Crippen molar-refractivity contribution in [1.29, 1.82) is 0 Å². The lowest BCUT2D eigenvalue weighted by Crippen LogP contribution is -2.53. The van der Waals surface area contributed by atoms with E-state index in [9.17, 15) is 9.59 Å². The number of aliphatic imine (C=N–C) groups is 1. The Morgan fingerprint density at radius 1 is 1.52 bits per heavy atom. The highest BCUT2D eigenvalue weighted by Gasteiger charge is 2.38. The van der Waals surface area contributed by atoms with Crippen molar-refractivity contribution < 1.29 is 14.3 Å². The summed E-state index contributed by atoms with van der Waals surface area (Å²) < 4.78 is 4.62. The highest BCUT2D eigenvalue weighted by Crippen LogP contribution is 2.26. The second-order valence-corrected chi connectivity index (χ2v) is 6.14. The second-order valence-electron chi connectivity index (χ2n) is 6.14. The number of carbonyl (C=O) groups is 2. The first kappa shape index (κ1) is 17.1. The van der Waals surface area contributed by atoms with Gasteiger partial charge in [0.1, 0.15) is 6.04 Å². The molecule has 0 aromatic carbocycles. The van der Waals surface area contributed by atoms with Crippen molar-refractivity contribution in [2.75, 3.05) is 13.7 Å². The van der Waals surface area contributed by atoms with Crippen molar-refractivity contribution in [2.24, 2.45) is 10.9 Å². The first-order valence-corrected chi connectivity index (χ1v) is 7.85. The Morgan fingerprint density at radius 3 is 2.83 bits per heavy atom. The maximum atomic E-state index is 12.9. The Balaban J connectivity index is 2.10. The molecule has 0 bridgehead atoms. The molecule has 2 heterocycles. The Labute approximate surface area is 137 Å². The van der Waals surface area contributed by atoms with Crippen LogP contribution in [0.4, 0.5) is 4.79 Å². The van der Waals surface area contributed by atoms with Crippen molar-refractivity contribution >= 4 is 17.7 Å². The molecule has 0 aromatic heterocycles. The summed E-state index contributed by atoms with van der Waals surface area (Å²) >= 11 is 0. The maximum Gasteiger partial charge on any atom is 0.407 e. The lowest BCUT2D eigenvalue weighted by Gasteiger charge is -2.31. The average molecular weight is 317 g/mol. The first-order chi connectivity index (χ1) is 11.0. The summed E-state index contributed by atoms with van der Waals surface area (Å²) in [4.78, 5) is 30.6. The van der Waals surface area contributed by atoms with E-state index in [2.05, 4.69) is 21.0 Å². The Morgan fingerprint density at radius 2 is 2.26 bits per heavy atom. The number of ether oxygens (including phenoxy) is 1. The molecule has 6 nitrogen and oxygen atoms in total. The molecule has 0 saturated carbocycles. The van der Waals surface area contributed by atoms with Gasteiger partial charge in [0.15, 0.2) is 0 Å². The molecular formula is C17H23N3O3. The lowest BCUT2D eigenvalue weighted by molar-refractivity contribution is -0.134. The van der Waals surface area contributed by atoms with Gasteiger partial charge in [0, 0.05) is 30.5 Å². The van der Waals surface area contributed by atoms with Crippen LogP contribution in [0.3, 0.4) is 0 Å². The smallest absolute Gasteiger partial charge is 0.407 e. The zero-order valence-corrected chi connectivity index (χ0v) is 13.8. The summed E-state index contributed by atoms with van der Waals surface area (Å²) in [5, 5.41) is 2.64. The van der Waals surface area contributed by atoms with E-state index in [1.165, 1.54) is 7.11 Å². The molecule has 0 unspecified atom stereocenters. The molecule has 1 N–H and O–H groups in total. The normalized spacial score (nSPS) is 21.5. The topological polar surface area (TPSA) is 71.0 Å². The van der Waals surface area contributed by atoms with Crippen molar-refractivity contribution in [3.8, 4) is 12.3 Å². The molecule has 2 aliphatic heterocycles. The van der Waals surface area contributed by atoms with Crippen LogP contribution in [0.5, 0.6) is 0 Å². The molecule has 6 heteroatoms. The van der Waals surface area contributed by atoms with Crippen molar-refractivity contribution in [2.45, 2.75) is 45.2 Å². The molecule has 23 heavy (non-hydrogen) atoms. The Kier molecular flexibility index (Phi) is 5.43. The van der Waals surface area contributed by atoms with E-state index in [-0.39, 0.29) is 17.9 Å². The van der Waals surface area contributed by atoms with Gasteiger partial charge in [0.05, 0.1) is 13.2 Å². The van der Waals surface area contributed by atoms with E-state index in [1.54, 1.807) is 6.20 Å². The number of carbonyl (C=O) groups excluding carboxylic acids is 2. The third-order valence-corrected chi connectivity index (χ3v) is 4.26. The van der Waals surface area contributed by atoms with E-state index in [0.29, 0.717) is 13.0 Å². The minimum absolute atomic E-state index is 0.0345. The number of terminal acetylenes is 1. The zero-order chi connectivity index (χ0) is 17.0. The summed E-state index contributed by atoms with van der Waals surface area (Å²) in [7, 11) is 1.29. The number of rotatable bonds is 4. The number of nitrogens with one attached hydrogen (secondary N) is 1. The number of nitrogens with zero attached hydrogens (tertiary/aromatic N) is 2. The van der Waals surface area contributed by atoms with Gasteiger partial charge in [-0.15, -0.1) is 6.42 Å². The predicted molar refractivity (Wildman–Crippen MR) is 87.9 cm³/mol. The van der Waals surface area contributed by atoms with Gasteiger partial charge in [-0.3, -0.25) is 9.79 Å². The molecule has 0 aromatic rings. The van der Waals surface area contributed by atoms with E-state index >= 15 is 0 Å². The van der Waals surface area contributed by atoms with Crippen LogP contribution in [0.1, 0.15) is 33.1 Å². The van der Waals surface area contributed by atoms with E-state index in [0.717, 1.165) is 24.1 Å². The molecule has 124 valence electrons. The SMILES string of the molecule is C#CC1=CN=C([C@@H]2CCCN2C(=O)[C@@H](NC(=O)OC)C(C)C)C1. The minimum atomic E-state index is -0.606. The monoisotopic (exact) mass is 317 g/mol. The van der Waals surface area contributed by atoms with Crippen LogP contribution in [-0.4, -0.2) is 48.4 Å². The number of alkyl carbamates (subject to hydrolysis) is 1. The molecule has 0 aliphatic carbocycles. The molecule has 2 amide bonds. The summed E-state index contributed by atoms with van der Waals surface area (Å²) in [5.74, 6) is 2.48. The second kappa shape index (κ2) is 7.32. The summed E-state index contributed by atoms with van der Waals surface area (Å²) in [6, 6.07) is -0.643. The van der Waals surface area contributed by atoms with Crippen LogP contribution in [-0.2, 0) is 9.53 Å². The predicted octanol–water partition coefficient (Wildman–Crippen LogP) is 1.72. The van der Waals surface area contributed by atoms with Gasteiger partial charge in [-0.25, -0.2) is 4.79 Å². The van der Waals surface area contributed by atoms with Gasteiger partial charge in [-0.05, 0) is 18.8 Å². The van der Waals surface area contributed by atoms with Gasteiger partial charge in [-0.2, -0.15) is 0 Å². The van der Waals surface area contributed by atoms with Gasteiger partial charge in [0.25, 0.3) is 0 Å². The van der Waals surface area contributed by atoms with Gasteiger partial charge >= 0.3 is 6.09 Å². The van der Waals surface area contributed by atoms with Gasteiger partial charge in [-0.1, -0.05) is 19.8 Å². The minimum Gasteiger partial charge on any atom is -0.453 e. The van der Waals surface area contributed by atoms with Crippen LogP contribution in [0.25, 0.3) is 0 Å². The Bertz CT molecular complexity index is 586. The third kappa shape index (κ3) is 3.73. The number of hydrogen-bond acceptors (Lipinski definition) is 4. The third-order valence-electron chi connectivity index (χ3n) is 4.26. The largest absolute Gasteiger partial charge is 0.453 e. The average Bonchev–Trinajstić information content (AvgIpc) is 3.19. The van der Waals surface area contributed by atoms with Gasteiger partial charge in [0.2, 0.25) is 5.91 Å². The summed E-state index contributed by atoms with van der Waals surface area (Å²) in [6.45, 7) is 4.46. The fraction of sp³-hybridized carbons (Fsp3) is 0.588. The molecule has 1 fully saturated rings. The maximum absolute atomic E-state index is 12.9. The summed E-state index contributed by atoms with van der Waals surface area (Å²) in [6.07, 6.45) is 8.94.